The Kier molecular flexibility index (Phi) is 9.06. The second kappa shape index (κ2) is 12.5. The van der Waals surface area contributed by atoms with Crippen LogP contribution in [0.25, 0.3) is 22.0 Å². The van der Waals surface area contributed by atoms with E-state index in [0.29, 0.717) is 6.07 Å². The van der Waals surface area contributed by atoms with Crippen molar-refractivity contribution in [1.82, 2.24) is 14.5 Å². The van der Waals surface area contributed by atoms with Crippen LogP contribution in [0, 0.1) is 11.6 Å². The molecule has 14 heteroatoms. The molecule has 1 amide bonds. The van der Waals surface area contributed by atoms with Gasteiger partial charge in [-0.3, -0.25) is 9.36 Å². The third-order valence-corrected chi connectivity index (χ3v) is 9.02. The monoisotopic (exact) mass is 638 g/mol. The van der Waals surface area contributed by atoms with Crippen LogP contribution in [0.3, 0.4) is 0 Å². The number of ether oxygens (including phenoxy) is 2. The zero-order chi connectivity index (χ0) is 31.9. The van der Waals surface area contributed by atoms with Gasteiger partial charge >= 0.3 is 11.9 Å². The lowest BCUT2D eigenvalue weighted by atomic mass is 9.95. The van der Waals surface area contributed by atoms with Crippen molar-refractivity contribution in [2.24, 2.45) is 0 Å². The van der Waals surface area contributed by atoms with Gasteiger partial charge in [-0.15, -0.1) is 11.8 Å². The van der Waals surface area contributed by atoms with Crippen LogP contribution < -0.4 is 10.6 Å². The number of carbonyl (C=O) groups excluding carboxylic acids is 1. The van der Waals surface area contributed by atoms with Crippen molar-refractivity contribution in [3.05, 3.63) is 64.6 Å². The summed E-state index contributed by atoms with van der Waals surface area (Å²) in [6.45, 7) is 7.94. The zero-order valence-electron chi connectivity index (χ0n) is 24.3. The van der Waals surface area contributed by atoms with Gasteiger partial charge in [0.15, 0.2) is 0 Å². The second-order valence-corrected chi connectivity index (χ2v) is 11.9. The van der Waals surface area contributed by atoms with E-state index >= 15 is 4.39 Å². The first-order valence-corrected chi connectivity index (χ1v) is 14.9. The number of nitrogens with zero attached hydrogens (tertiary/aromatic N) is 4. The number of aromatic nitrogens is 2. The van der Waals surface area contributed by atoms with E-state index in [1.807, 2.05) is 0 Å². The summed E-state index contributed by atoms with van der Waals surface area (Å²) in [6, 6.07) is 2.54. The van der Waals surface area contributed by atoms with Crippen molar-refractivity contribution in [2.45, 2.75) is 49.7 Å². The summed E-state index contributed by atoms with van der Waals surface area (Å²) < 4.78 is 85.8. The Morgan fingerprint density at radius 1 is 1.14 bits per heavy atom. The highest BCUT2D eigenvalue weighted by Crippen LogP contribution is 2.49. The molecule has 3 heterocycles. The molecular formula is C30H31F5N4O4S. The fourth-order valence-electron chi connectivity index (χ4n) is 5.99. The van der Waals surface area contributed by atoms with Gasteiger partial charge in [0.05, 0.1) is 36.9 Å². The first-order valence-electron chi connectivity index (χ1n) is 13.9. The summed E-state index contributed by atoms with van der Waals surface area (Å²) in [6.07, 6.45) is -4.35. The van der Waals surface area contributed by atoms with Crippen molar-refractivity contribution >= 4 is 34.4 Å². The van der Waals surface area contributed by atoms with Crippen molar-refractivity contribution in [1.29, 1.82) is 0 Å². The Morgan fingerprint density at radius 2 is 1.84 bits per heavy atom. The van der Waals surface area contributed by atoms with E-state index < -0.39 is 46.3 Å². The molecule has 0 spiro atoms. The molecule has 1 fully saturated rings. The summed E-state index contributed by atoms with van der Waals surface area (Å²) >= 11 is 1.01. The van der Waals surface area contributed by atoms with E-state index in [4.69, 9.17) is 9.47 Å². The van der Waals surface area contributed by atoms with Crippen molar-refractivity contribution < 1.29 is 36.2 Å². The molecule has 0 saturated carbocycles. The molecule has 3 unspecified atom stereocenters. The van der Waals surface area contributed by atoms with Crippen molar-refractivity contribution in [3.63, 3.8) is 0 Å². The lowest BCUT2D eigenvalue weighted by Crippen LogP contribution is -2.58. The maximum Gasteiger partial charge on any atom is 0.417 e. The van der Waals surface area contributed by atoms with Gasteiger partial charge in [0, 0.05) is 65.5 Å². The van der Waals surface area contributed by atoms with E-state index in [9.17, 15) is 27.2 Å². The lowest BCUT2D eigenvalue weighted by Gasteiger charge is -2.44. The number of hydrogen-bond donors (Lipinski definition) is 0. The summed E-state index contributed by atoms with van der Waals surface area (Å²) in [5.74, 6) is -2.22. The van der Waals surface area contributed by atoms with Crippen LogP contribution >= 0.6 is 11.8 Å². The summed E-state index contributed by atoms with van der Waals surface area (Å²) in [4.78, 5) is 33.8. The molecule has 1 aromatic heterocycles. The van der Waals surface area contributed by atoms with Crippen LogP contribution in [0.5, 0.6) is 0 Å². The number of thioether (sulfide) groups is 1. The number of amides is 1. The van der Waals surface area contributed by atoms with Crippen LogP contribution in [-0.2, 0) is 27.0 Å². The third kappa shape index (κ3) is 5.94. The number of methoxy groups -OCH3 is 1. The Labute approximate surface area is 254 Å². The minimum absolute atomic E-state index is 0.0143. The molecule has 44 heavy (non-hydrogen) atoms. The zero-order valence-corrected chi connectivity index (χ0v) is 25.1. The molecular weight excluding hydrogens is 607 g/mol. The standard InChI is InChI=1S/C30H31F5N4O4S/c1-5-24(40)39-16(2)12-37(13-17(39)3)28-21-11-22(30(33,34)35)25(20-7-6-18(31)10-23(20)32)27-26(21)38(29(41)36-28)14-19(15-44-27)43-9-8-42-4/h5-7,10-11,16-17,19H,1,8-9,12-15H2,2-4H3. The Morgan fingerprint density at radius 3 is 2.45 bits per heavy atom. The maximum atomic E-state index is 15.2. The average molecular weight is 639 g/mol. The maximum absolute atomic E-state index is 15.2. The summed E-state index contributed by atoms with van der Waals surface area (Å²) in [5.41, 5.74) is -2.64. The SMILES string of the molecule is C=CC(=O)N1C(C)CN(c2nc(=O)n3c4c(c(-c5ccc(F)cc5F)c(C(F)(F)F)cc24)SCC(OCCOC)C3)CC1C. The molecule has 8 nitrogen and oxygen atoms in total. The first-order chi connectivity index (χ1) is 20.8. The average Bonchev–Trinajstić information content (AvgIpc) is 3.15. The van der Waals surface area contributed by atoms with Gasteiger partial charge in [0.2, 0.25) is 5.91 Å². The van der Waals surface area contributed by atoms with E-state index in [0.717, 1.165) is 30.0 Å². The van der Waals surface area contributed by atoms with E-state index in [1.165, 1.54) is 17.8 Å². The molecule has 0 N–H and O–H groups in total. The van der Waals surface area contributed by atoms with E-state index in [2.05, 4.69) is 11.6 Å². The smallest absolute Gasteiger partial charge is 0.382 e. The van der Waals surface area contributed by atoms with Crippen molar-refractivity contribution in [2.75, 3.05) is 44.1 Å². The Balaban J connectivity index is 1.79. The largest absolute Gasteiger partial charge is 0.417 e. The molecule has 2 aliphatic heterocycles. The number of carbonyl (C=O) groups is 1. The van der Waals surface area contributed by atoms with Gasteiger partial charge in [0.1, 0.15) is 17.5 Å². The van der Waals surface area contributed by atoms with Crippen LogP contribution in [0.15, 0.2) is 46.6 Å². The molecule has 2 aromatic carbocycles. The number of anilines is 1. The fraction of sp³-hybridized carbons (Fsp3) is 0.433. The highest BCUT2D eigenvalue weighted by molar-refractivity contribution is 7.99. The molecule has 0 radical (unpaired) electrons. The third-order valence-electron chi connectivity index (χ3n) is 7.79. The quantitative estimate of drug-likeness (QED) is 0.202. The molecule has 0 aliphatic carbocycles. The minimum Gasteiger partial charge on any atom is -0.382 e. The normalized spacial score (nSPS) is 20.6. The molecule has 3 aromatic rings. The highest BCUT2D eigenvalue weighted by atomic mass is 32.2. The Bertz CT molecular complexity index is 1650. The number of halogens is 5. The number of hydrogen-bond acceptors (Lipinski definition) is 7. The second-order valence-electron chi connectivity index (χ2n) is 10.8. The number of rotatable bonds is 7. The van der Waals surface area contributed by atoms with Crippen LogP contribution in [0.2, 0.25) is 0 Å². The predicted octanol–water partition coefficient (Wildman–Crippen LogP) is 5.11. The van der Waals surface area contributed by atoms with Crippen LogP contribution in [0.1, 0.15) is 19.4 Å². The molecule has 2 aliphatic rings. The number of alkyl halides is 3. The molecule has 5 rings (SSSR count). The highest BCUT2D eigenvalue weighted by Gasteiger charge is 2.40. The Hall–Kier alpha value is -3.49. The van der Waals surface area contributed by atoms with Crippen LogP contribution in [-0.4, -0.2) is 77.7 Å². The minimum atomic E-state index is -4.95. The van der Waals surface area contributed by atoms with Crippen LogP contribution in [0.4, 0.5) is 27.8 Å². The first kappa shape index (κ1) is 31.9. The number of benzene rings is 2. The van der Waals surface area contributed by atoms with E-state index in [-0.39, 0.29) is 78.2 Å². The predicted molar refractivity (Wildman–Crippen MR) is 157 cm³/mol. The van der Waals surface area contributed by atoms with Crippen molar-refractivity contribution in [3.8, 4) is 11.1 Å². The summed E-state index contributed by atoms with van der Waals surface area (Å²) in [5, 5.41) is 0.0473. The molecule has 236 valence electrons. The summed E-state index contributed by atoms with van der Waals surface area (Å²) in [7, 11) is 1.49. The van der Waals surface area contributed by atoms with E-state index in [1.54, 1.807) is 23.6 Å². The molecule has 0 bridgehead atoms. The topological polar surface area (TPSA) is 76.9 Å². The van der Waals surface area contributed by atoms with Gasteiger partial charge in [-0.05, 0) is 38.1 Å². The van der Waals surface area contributed by atoms with Gasteiger partial charge in [-0.25, -0.2) is 13.6 Å². The lowest BCUT2D eigenvalue weighted by molar-refractivity contribution is -0.137. The fourth-order valence-corrected chi connectivity index (χ4v) is 7.27. The molecule has 3 atom stereocenters. The van der Waals surface area contributed by atoms with Gasteiger partial charge in [0.25, 0.3) is 0 Å². The van der Waals surface area contributed by atoms with Gasteiger partial charge in [-0.2, -0.15) is 18.2 Å². The van der Waals surface area contributed by atoms with Gasteiger partial charge < -0.3 is 19.3 Å². The number of piperazine rings is 1. The van der Waals surface area contributed by atoms with Gasteiger partial charge in [-0.1, -0.05) is 6.58 Å². The molecule has 1 saturated heterocycles.